The minimum absolute atomic E-state index is 0.0127. The van der Waals surface area contributed by atoms with Gasteiger partial charge in [-0.05, 0) is 18.2 Å². The molecule has 0 bridgehead atoms. The molecule has 0 saturated heterocycles. The number of carbonyl (C=O) groups excluding carboxylic acids is 1. The molecule has 94 valence electrons. The van der Waals surface area contributed by atoms with Crippen molar-refractivity contribution in [2.24, 2.45) is 5.41 Å². The Balaban J connectivity index is 2.74. The van der Waals surface area contributed by atoms with Gasteiger partial charge < -0.3 is 20.6 Å². The molecule has 0 atom stereocenters. The molecule has 0 aliphatic carbocycles. The first-order chi connectivity index (χ1) is 7.85. The molecule has 1 aromatic rings. The van der Waals surface area contributed by atoms with Gasteiger partial charge in [0.2, 0.25) is 0 Å². The van der Waals surface area contributed by atoms with Crippen molar-refractivity contribution in [2.75, 3.05) is 13.2 Å². The summed E-state index contributed by atoms with van der Waals surface area (Å²) >= 11 is 0. The molecule has 1 aromatic carbocycles. The van der Waals surface area contributed by atoms with E-state index in [-0.39, 0.29) is 30.2 Å². The Morgan fingerprint density at radius 3 is 2.59 bits per heavy atom. The van der Waals surface area contributed by atoms with Crippen molar-refractivity contribution in [2.45, 2.75) is 13.8 Å². The summed E-state index contributed by atoms with van der Waals surface area (Å²) in [5, 5.41) is 30.3. The van der Waals surface area contributed by atoms with Crippen molar-refractivity contribution in [3.8, 4) is 11.5 Å². The lowest BCUT2D eigenvalue weighted by Gasteiger charge is -2.21. The number of aliphatic hydroxyl groups excluding tert-OH is 1. The zero-order valence-corrected chi connectivity index (χ0v) is 9.90. The lowest BCUT2D eigenvalue weighted by atomic mass is 9.95. The van der Waals surface area contributed by atoms with Crippen molar-refractivity contribution in [3.05, 3.63) is 23.8 Å². The minimum Gasteiger partial charge on any atom is -0.508 e. The monoisotopic (exact) mass is 239 g/mol. The molecule has 0 saturated carbocycles. The number of phenols is 2. The van der Waals surface area contributed by atoms with E-state index in [2.05, 4.69) is 5.32 Å². The zero-order chi connectivity index (χ0) is 13.1. The van der Waals surface area contributed by atoms with Crippen LogP contribution in [0, 0.1) is 5.41 Å². The second-order valence-electron chi connectivity index (χ2n) is 4.71. The number of hydrogen-bond acceptors (Lipinski definition) is 4. The van der Waals surface area contributed by atoms with Gasteiger partial charge in [0.05, 0.1) is 5.56 Å². The molecule has 4 N–H and O–H groups in total. The van der Waals surface area contributed by atoms with E-state index in [1.54, 1.807) is 13.8 Å². The van der Waals surface area contributed by atoms with E-state index in [1.807, 2.05) is 0 Å². The topological polar surface area (TPSA) is 89.8 Å². The Hall–Kier alpha value is -1.75. The highest BCUT2D eigenvalue weighted by molar-refractivity contribution is 5.97. The van der Waals surface area contributed by atoms with Gasteiger partial charge in [0.1, 0.15) is 11.5 Å². The average Bonchev–Trinajstić information content (AvgIpc) is 2.29. The van der Waals surface area contributed by atoms with Crippen LogP contribution in [0.25, 0.3) is 0 Å². The number of benzene rings is 1. The van der Waals surface area contributed by atoms with Crippen LogP contribution < -0.4 is 5.32 Å². The van der Waals surface area contributed by atoms with E-state index in [9.17, 15) is 15.0 Å². The van der Waals surface area contributed by atoms with Crippen molar-refractivity contribution >= 4 is 5.91 Å². The normalized spacial score (nSPS) is 11.2. The second-order valence-corrected chi connectivity index (χ2v) is 4.71. The van der Waals surface area contributed by atoms with Crippen LogP contribution in [0.2, 0.25) is 0 Å². The van der Waals surface area contributed by atoms with Crippen LogP contribution >= 0.6 is 0 Å². The SMILES string of the molecule is CC(C)(CO)CNC(=O)c1cc(O)ccc1O. The summed E-state index contributed by atoms with van der Waals surface area (Å²) in [4.78, 5) is 11.7. The number of amides is 1. The Labute approximate surface area is 99.7 Å². The molecule has 0 unspecified atom stereocenters. The van der Waals surface area contributed by atoms with Crippen LogP contribution in [-0.4, -0.2) is 34.4 Å². The smallest absolute Gasteiger partial charge is 0.255 e. The molecule has 0 aliphatic rings. The fourth-order valence-corrected chi connectivity index (χ4v) is 1.18. The lowest BCUT2D eigenvalue weighted by Crippen LogP contribution is -2.36. The van der Waals surface area contributed by atoms with Gasteiger partial charge in [-0.1, -0.05) is 13.8 Å². The predicted molar refractivity (Wildman–Crippen MR) is 63.0 cm³/mol. The molecule has 0 aromatic heterocycles. The van der Waals surface area contributed by atoms with Gasteiger partial charge in [-0.2, -0.15) is 0 Å². The maximum absolute atomic E-state index is 11.7. The number of phenolic OH excluding ortho intramolecular Hbond substituents is 2. The predicted octanol–water partition coefficient (Wildman–Crippen LogP) is 0.846. The Morgan fingerprint density at radius 1 is 1.35 bits per heavy atom. The van der Waals surface area contributed by atoms with Crippen LogP contribution in [0.5, 0.6) is 11.5 Å². The summed E-state index contributed by atoms with van der Waals surface area (Å²) in [6.45, 7) is 3.82. The summed E-state index contributed by atoms with van der Waals surface area (Å²) < 4.78 is 0. The molecule has 5 heteroatoms. The number of aliphatic hydroxyl groups is 1. The molecule has 1 amide bonds. The Kier molecular flexibility index (Phi) is 3.96. The third kappa shape index (κ3) is 3.64. The van der Waals surface area contributed by atoms with Crippen LogP contribution in [0.4, 0.5) is 0 Å². The molecule has 0 heterocycles. The fraction of sp³-hybridized carbons (Fsp3) is 0.417. The maximum atomic E-state index is 11.7. The number of rotatable bonds is 4. The summed E-state index contributed by atoms with van der Waals surface area (Å²) in [5.41, 5.74) is -0.416. The zero-order valence-electron chi connectivity index (χ0n) is 9.90. The van der Waals surface area contributed by atoms with Crippen molar-refractivity contribution in [3.63, 3.8) is 0 Å². The van der Waals surface area contributed by atoms with Gasteiger partial charge in [0.25, 0.3) is 5.91 Å². The Bertz CT molecular complexity index is 415. The summed E-state index contributed by atoms with van der Waals surface area (Å²) in [7, 11) is 0. The van der Waals surface area contributed by atoms with E-state index in [0.29, 0.717) is 0 Å². The highest BCUT2D eigenvalue weighted by atomic mass is 16.3. The van der Waals surface area contributed by atoms with Crippen LogP contribution in [0.15, 0.2) is 18.2 Å². The third-order valence-electron chi connectivity index (χ3n) is 2.38. The van der Waals surface area contributed by atoms with E-state index < -0.39 is 11.3 Å². The van der Waals surface area contributed by atoms with Gasteiger partial charge >= 0.3 is 0 Å². The third-order valence-corrected chi connectivity index (χ3v) is 2.38. The first-order valence-corrected chi connectivity index (χ1v) is 5.27. The molecule has 0 fully saturated rings. The summed E-state index contributed by atoms with van der Waals surface area (Å²) in [6, 6.07) is 3.74. The largest absolute Gasteiger partial charge is 0.508 e. The standard InChI is InChI=1S/C12H17NO4/c1-12(2,7-14)6-13-11(17)9-5-8(15)3-4-10(9)16/h3-5,14-16H,6-7H2,1-2H3,(H,13,17). The van der Waals surface area contributed by atoms with E-state index in [0.717, 1.165) is 0 Å². The highest BCUT2D eigenvalue weighted by Crippen LogP contribution is 2.22. The molecule has 1 rings (SSSR count). The van der Waals surface area contributed by atoms with Gasteiger partial charge in [0.15, 0.2) is 0 Å². The van der Waals surface area contributed by atoms with Gasteiger partial charge in [-0.15, -0.1) is 0 Å². The van der Waals surface area contributed by atoms with Crippen LogP contribution in [0.1, 0.15) is 24.2 Å². The molecule has 0 spiro atoms. The van der Waals surface area contributed by atoms with E-state index in [4.69, 9.17) is 5.11 Å². The minimum atomic E-state index is -0.486. The second kappa shape index (κ2) is 5.05. The lowest BCUT2D eigenvalue weighted by molar-refractivity contribution is 0.0908. The first-order valence-electron chi connectivity index (χ1n) is 5.27. The first kappa shape index (κ1) is 13.3. The number of nitrogens with one attached hydrogen (secondary N) is 1. The van der Waals surface area contributed by atoms with E-state index >= 15 is 0 Å². The molecule has 17 heavy (non-hydrogen) atoms. The maximum Gasteiger partial charge on any atom is 0.255 e. The molecular weight excluding hydrogens is 222 g/mol. The van der Waals surface area contributed by atoms with Gasteiger partial charge in [-0.25, -0.2) is 0 Å². The fourth-order valence-electron chi connectivity index (χ4n) is 1.18. The number of hydrogen-bond donors (Lipinski definition) is 4. The number of aromatic hydroxyl groups is 2. The van der Waals surface area contributed by atoms with E-state index in [1.165, 1.54) is 18.2 Å². The van der Waals surface area contributed by atoms with Crippen molar-refractivity contribution < 1.29 is 20.1 Å². The quantitative estimate of drug-likeness (QED) is 0.586. The molecule has 0 radical (unpaired) electrons. The van der Waals surface area contributed by atoms with Gasteiger partial charge in [-0.3, -0.25) is 4.79 Å². The number of carbonyl (C=O) groups is 1. The molecule has 0 aliphatic heterocycles. The van der Waals surface area contributed by atoms with Crippen LogP contribution in [0.3, 0.4) is 0 Å². The van der Waals surface area contributed by atoms with Crippen LogP contribution in [-0.2, 0) is 0 Å². The van der Waals surface area contributed by atoms with Crippen molar-refractivity contribution in [1.82, 2.24) is 5.32 Å². The van der Waals surface area contributed by atoms with Gasteiger partial charge in [0, 0.05) is 18.6 Å². The summed E-state index contributed by atoms with van der Waals surface area (Å²) in [5.74, 6) is -0.767. The molecular formula is C12H17NO4. The highest BCUT2D eigenvalue weighted by Gasteiger charge is 2.19. The van der Waals surface area contributed by atoms with Crippen molar-refractivity contribution in [1.29, 1.82) is 0 Å². The summed E-state index contributed by atoms with van der Waals surface area (Å²) in [6.07, 6.45) is 0. The molecule has 5 nitrogen and oxygen atoms in total. The average molecular weight is 239 g/mol. The Morgan fingerprint density at radius 2 is 2.00 bits per heavy atom.